The third-order valence-corrected chi connectivity index (χ3v) is 2.34. The highest BCUT2D eigenvalue weighted by Crippen LogP contribution is 2.09. The molecule has 0 radical (unpaired) electrons. The van der Waals surface area contributed by atoms with Crippen LogP contribution in [0.5, 0.6) is 0 Å². The predicted octanol–water partition coefficient (Wildman–Crippen LogP) is 3.32. The fourth-order valence-corrected chi connectivity index (χ4v) is 1.41. The van der Waals surface area contributed by atoms with Crippen molar-refractivity contribution in [2.75, 3.05) is 0 Å². The van der Waals surface area contributed by atoms with Gasteiger partial charge in [-0.05, 0) is 18.6 Å². The molecule has 0 spiro atoms. The van der Waals surface area contributed by atoms with Gasteiger partial charge in [0.15, 0.2) is 5.78 Å². The first-order valence-electron chi connectivity index (χ1n) is 5.31. The summed E-state index contributed by atoms with van der Waals surface area (Å²) in [7, 11) is 0. The van der Waals surface area contributed by atoms with E-state index in [1.807, 2.05) is 6.07 Å². The molecule has 0 N–H and O–H groups in total. The highest BCUT2D eigenvalue weighted by Gasteiger charge is 2.04. The van der Waals surface area contributed by atoms with Crippen molar-refractivity contribution < 1.29 is 4.79 Å². The van der Waals surface area contributed by atoms with Crippen LogP contribution in [0, 0.1) is 11.3 Å². The van der Waals surface area contributed by atoms with Crippen molar-refractivity contribution in [1.29, 1.82) is 5.26 Å². The van der Waals surface area contributed by atoms with Crippen LogP contribution < -0.4 is 0 Å². The molecule has 0 aliphatic rings. The lowest BCUT2D eigenvalue weighted by Gasteiger charge is -2.00. The number of nitriles is 1. The van der Waals surface area contributed by atoms with E-state index in [0.29, 0.717) is 17.5 Å². The summed E-state index contributed by atoms with van der Waals surface area (Å²) in [6, 6.07) is 8.87. The quantitative estimate of drug-likeness (QED) is 0.541. The molecule has 15 heavy (non-hydrogen) atoms. The number of unbranched alkanes of at least 4 members (excludes halogenated alkanes) is 2. The van der Waals surface area contributed by atoms with Gasteiger partial charge in [-0.15, -0.1) is 0 Å². The lowest BCUT2D eigenvalue weighted by Crippen LogP contribution is -1.98. The molecular formula is C13H15NO. The fourth-order valence-electron chi connectivity index (χ4n) is 1.41. The Balaban J connectivity index is 2.55. The third kappa shape index (κ3) is 3.55. The normalized spacial score (nSPS) is 9.60. The first-order chi connectivity index (χ1) is 7.27. The van der Waals surface area contributed by atoms with Gasteiger partial charge in [-0.3, -0.25) is 4.79 Å². The maximum Gasteiger partial charge on any atom is 0.162 e. The van der Waals surface area contributed by atoms with Crippen LogP contribution in [0.1, 0.15) is 48.5 Å². The molecule has 1 aromatic carbocycles. The first kappa shape index (κ1) is 11.5. The average molecular weight is 201 g/mol. The van der Waals surface area contributed by atoms with Gasteiger partial charge in [0, 0.05) is 12.0 Å². The van der Waals surface area contributed by atoms with E-state index in [0.717, 1.165) is 19.3 Å². The lowest BCUT2D eigenvalue weighted by atomic mass is 10.0. The molecule has 0 bridgehead atoms. The standard InChI is InChI=1S/C13H15NO/c1-2-3-4-5-13(15)12-8-6-11(10-14)7-9-12/h6-9H,2-5H2,1H3. The Bertz CT molecular complexity index is 359. The average Bonchev–Trinajstić information content (AvgIpc) is 2.29. The highest BCUT2D eigenvalue weighted by atomic mass is 16.1. The number of benzene rings is 1. The summed E-state index contributed by atoms with van der Waals surface area (Å²) in [5, 5.41) is 8.61. The molecule has 0 saturated heterocycles. The van der Waals surface area contributed by atoms with Crippen LogP contribution in [0.2, 0.25) is 0 Å². The predicted molar refractivity (Wildman–Crippen MR) is 59.6 cm³/mol. The Labute approximate surface area is 90.5 Å². The SMILES string of the molecule is CCCCCC(=O)c1ccc(C#N)cc1. The molecule has 0 heterocycles. The van der Waals surface area contributed by atoms with Gasteiger partial charge >= 0.3 is 0 Å². The number of rotatable bonds is 5. The van der Waals surface area contributed by atoms with Crippen LogP contribution in [-0.4, -0.2) is 5.78 Å². The van der Waals surface area contributed by atoms with Crippen LogP contribution in [0.15, 0.2) is 24.3 Å². The van der Waals surface area contributed by atoms with Crippen molar-refractivity contribution in [3.05, 3.63) is 35.4 Å². The van der Waals surface area contributed by atoms with Gasteiger partial charge in [-0.25, -0.2) is 0 Å². The summed E-state index contributed by atoms with van der Waals surface area (Å²) in [4.78, 5) is 11.6. The number of carbonyl (C=O) groups excluding carboxylic acids is 1. The molecular weight excluding hydrogens is 186 g/mol. The fraction of sp³-hybridized carbons (Fsp3) is 0.385. The van der Waals surface area contributed by atoms with Crippen molar-refractivity contribution in [3.8, 4) is 6.07 Å². The Kier molecular flexibility index (Phi) is 4.56. The maximum absolute atomic E-state index is 11.6. The molecule has 0 aliphatic heterocycles. The van der Waals surface area contributed by atoms with Gasteiger partial charge in [-0.2, -0.15) is 5.26 Å². The smallest absolute Gasteiger partial charge is 0.162 e. The van der Waals surface area contributed by atoms with Gasteiger partial charge in [0.05, 0.1) is 11.6 Å². The van der Waals surface area contributed by atoms with Gasteiger partial charge in [-0.1, -0.05) is 31.9 Å². The number of hydrogen-bond donors (Lipinski definition) is 0. The number of hydrogen-bond acceptors (Lipinski definition) is 2. The second-order valence-electron chi connectivity index (χ2n) is 3.57. The Hall–Kier alpha value is -1.62. The zero-order valence-electron chi connectivity index (χ0n) is 8.99. The van der Waals surface area contributed by atoms with E-state index in [1.165, 1.54) is 0 Å². The summed E-state index contributed by atoms with van der Waals surface area (Å²) < 4.78 is 0. The molecule has 0 fully saturated rings. The largest absolute Gasteiger partial charge is 0.294 e. The van der Waals surface area contributed by atoms with Crippen LogP contribution >= 0.6 is 0 Å². The van der Waals surface area contributed by atoms with E-state index in [9.17, 15) is 4.79 Å². The van der Waals surface area contributed by atoms with E-state index in [4.69, 9.17) is 5.26 Å². The van der Waals surface area contributed by atoms with Crippen LogP contribution in [0.25, 0.3) is 0 Å². The number of Topliss-reactive ketones (excluding diaryl/α,β-unsaturated/α-hetero) is 1. The topological polar surface area (TPSA) is 40.9 Å². The van der Waals surface area contributed by atoms with Gasteiger partial charge in [0.1, 0.15) is 0 Å². The van der Waals surface area contributed by atoms with E-state index in [2.05, 4.69) is 6.92 Å². The molecule has 78 valence electrons. The van der Waals surface area contributed by atoms with Crippen LogP contribution in [-0.2, 0) is 0 Å². The lowest BCUT2D eigenvalue weighted by molar-refractivity contribution is 0.0979. The minimum atomic E-state index is 0.174. The minimum Gasteiger partial charge on any atom is -0.294 e. The molecule has 1 rings (SSSR count). The third-order valence-electron chi connectivity index (χ3n) is 2.34. The van der Waals surface area contributed by atoms with Crippen LogP contribution in [0.3, 0.4) is 0 Å². The zero-order valence-corrected chi connectivity index (χ0v) is 8.99. The second-order valence-corrected chi connectivity index (χ2v) is 3.57. The van der Waals surface area contributed by atoms with Gasteiger partial charge < -0.3 is 0 Å². The van der Waals surface area contributed by atoms with Crippen molar-refractivity contribution in [2.24, 2.45) is 0 Å². The number of nitrogens with zero attached hydrogens (tertiary/aromatic N) is 1. The second kappa shape index (κ2) is 5.98. The van der Waals surface area contributed by atoms with Crippen molar-refractivity contribution in [2.45, 2.75) is 32.6 Å². The molecule has 0 amide bonds. The molecule has 0 aromatic heterocycles. The zero-order chi connectivity index (χ0) is 11.1. The number of carbonyl (C=O) groups is 1. The maximum atomic E-state index is 11.6. The van der Waals surface area contributed by atoms with Crippen LogP contribution in [0.4, 0.5) is 0 Å². The molecule has 0 atom stereocenters. The highest BCUT2D eigenvalue weighted by molar-refractivity contribution is 5.96. The van der Waals surface area contributed by atoms with E-state index >= 15 is 0 Å². The molecule has 2 nitrogen and oxygen atoms in total. The summed E-state index contributed by atoms with van der Waals surface area (Å²) in [6.07, 6.45) is 3.79. The summed E-state index contributed by atoms with van der Waals surface area (Å²) in [5.41, 5.74) is 1.31. The molecule has 0 aliphatic carbocycles. The van der Waals surface area contributed by atoms with Crippen molar-refractivity contribution >= 4 is 5.78 Å². The first-order valence-corrected chi connectivity index (χ1v) is 5.31. The van der Waals surface area contributed by atoms with Gasteiger partial charge in [0.2, 0.25) is 0 Å². The van der Waals surface area contributed by atoms with Gasteiger partial charge in [0.25, 0.3) is 0 Å². The molecule has 0 unspecified atom stereocenters. The summed E-state index contributed by atoms with van der Waals surface area (Å²) >= 11 is 0. The Morgan fingerprint density at radius 3 is 2.47 bits per heavy atom. The van der Waals surface area contributed by atoms with Crippen molar-refractivity contribution in [1.82, 2.24) is 0 Å². The summed E-state index contributed by atoms with van der Waals surface area (Å²) in [5.74, 6) is 0.174. The van der Waals surface area contributed by atoms with E-state index in [1.54, 1.807) is 24.3 Å². The van der Waals surface area contributed by atoms with E-state index in [-0.39, 0.29) is 5.78 Å². The molecule has 0 saturated carbocycles. The Morgan fingerprint density at radius 1 is 1.27 bits per heavy atom. The summed E-state index contributed by atoms with van der Waals surface area (Å²) in [6.45, 7) is 2.12. The van der Waals surface area contributed by atoms with E-state index < -0.39 is 0 Å². The molecule has 1 aromatic rings. The Morgan fingerprint density at radius 2 is 1.93 bits per heavy atom. The number of ketones is 1. The van der Waals surface area contributed by atoms with Crippen molar-refractivity contribution in [3.63, 3.8) is 0 Å². The molecule has 2 heteroatoms. The monoisotopic (exact) mass is 201 g/mol. The minimum absolute atomic E-state index is 0.174.